The summed E-state index contributed by atoms with van der Waals surface area (Å²) < 4.78 is 20.6. The van der Waals surface area contributed by atoms with Crippen LogP contribution in [0, 0.1) is 0 Å². The Morgan fingerprint density at radius 3 is 1.36 bits per heavy atom. The lowest BCUT2D eigenvalue weighted by Gasteiger charge is -2.14. The van der Waals surface area contributed by atoms with Crippen LogP contribution in [0.15, 0.2) is 0 Å². The van der Waals surface area contributed by atoms with Crippen molar-refractivity contribution in [3.63, 3.8) is 0 Å². The van der Waals surface area contributed by atoms with E-state index in [1.165, 1.54) is 116 Å². The number of carbonyl (C=O) groups is 4. The number of hydrogen-bond acceptors (Lipinski definition) is 8. The van der Waals surface area contributed by atoms with Crippen LogP contribution in [-0.2, 0) is 38.1 Å². The third-order valence-corrected chi connectivity index (χ3v) is 9.52. The van der Waals surface area contributed by atoms with Crippen molar-refractivity contribution in [2.24, 2.45) is 0 Å². The van der Waals surface area contributed by atoms with Gasteiger partial charge in [-0.05, 0) is 45.4 Å². The predicted molar refractivity (Wildman–Crippen MR) is 203 cm³/mol. The summed E-state index contributed by atoms with van der Waals surface area (Å²) >= 11 is 0. The lowest BCUT2D eigenvalue weighted by Crippen LogP contribution is -2.29. The van der Waals surface area contributed by atoms with E-state index >= 15 is 0 Å². The Labute approximate surface area is 307 Å². The molecule has 0 heterocycles. The highest BCUT2D eigenvalue weighted by Gasteiger charge is 2.20. The molecule has 0 N–H and O–H groups in total. The molecule has 0 bridgehead atoms. The number of unbranched alkanes of at least 4 members (excludes halogenated alkanes) is 25. The molecule has 0 rings (SSSR count). The average Bonchev–Trinajstić information content (AvgIpc) is 3.11. The maximum absolute atomic E-state index is 12.2. The SMILES string of the molecule is CCCCCCCCCCCCCCCCCCOC(=O)C(C)OC(=O)COC(=O)CCCCCCCCCCC(CCCCCC)OC=O. The molecule has 50 heavy (non-hydrogen) atoms. The highest BCUT2D eigenvalue weighted by molar-refractivity contribution is 5.81. The summed E-state index contributed by atoms with van der Waals surface area (Å²) in [5.74, 6) is -1.74. The second-order valence-electron chi connectivity index (χ2n) is 14.3. The Bertz CT molecular complexity index is 786. The molecule has 0 aromatic rings. The van der Waals surface area contributed by atoms with E-state index in [4.69, 9.17) is 18.9 Å². The Morgan fingerprint density at radius 1 is 0.500 bits per heavy atom. The number of rotatable bonds is 39. The van der Waals surface area contributed by atoms with E-state index in [1.54, 1.807) is 0 Å². The molecule has 0 saturated heterocycles. The normalized spacial score (nSPS) is 12.3. The van der Waals surface area contributed by atoms with E-state index in [1.807, 2.05) is 0 Å². The van der Waals surface area contributed by atoms with Crippen molar-refractivity contribution in [2.75, 3.05) is 13.2 Å². The molecule has 0 amide bonds. The van der Waals surface area contributed by atoms with Crippen LogP contribution in [0.3, 0.4) is 0 Å². The number of carbonyl (C=O) groups excluding carboxylic acids is 4. The minimum absolute atomic E-state index is 0.0641. The quantitative estimate of drug-likeness (QED) is 0.0269. The zero-order valence-corrected chi connectivity index (χ0v) is 32.8. The molecule has 0 fully saturated rings. The highest BCUT2D eigenvalue weighted by atomic mass is 16.6. The summed E-state index contributed by atoms with van der Waals surface area (Å²) in [7, 11) is 0. The van der Waals surface area contributed by atoms with Gasteiger partial charge in [-0.25, -0.2) is 9.59 Å². The summed E-state index contributed by atoms with van der Waals surface area (Å²) in [6, 6.07) is 0. The lowest BCUT2D eigenvalue weighted by molar-refractivity contribution is -0.171. The molecule has 2 atom stereocenters. The van der Waals surface area contributed by atoms with Crippen molar-refractivity contribution < 1.29 is 38.1 Å². The first-order valence-corrected chi connectivity index (χ1v) is 21.0. The third kappa shape index (κ3) is 34.3. The Kier molecular flexibility index (Phi) is 36.5. The largest absolute Gasteiger partial charge is 0.465 e. The van der Waals surface area contributed by atoms with Gasteiger partial charge < -0.3 is 18.9 Å². The van der Waals surface area contributed by atoms with Gasteiger partial charge in [-0.3, -0.25) is 9.59 Å². The van der Waals surface area contributed by atoms with Gasteiger partial charge in [0.15, 0.2) is 12.7 Å². The van der Waals surface area contributed by atoms with E-state index in [0.29, 0.717) is 13.1 Å². The van der Waals surface area contributed by atoms with E-state index < -0.39 is 30.6 Å². The van der Waals surface area contributed by atoms with Crippen molar-refractivity contribution >= 4 is 24.4 Å². The summed E-state index contributed by atoms with van der Waals surface area (Å²) in [5.41, 5.74) is 0. The van der Waals surface area contributed by atoms with Crippen molar-refractivity contribution in [1.82, 2.24) is 0 Å². The standard InChI is InChI=1S/C42H78O8/c1-4-6-8-10-11-12-13-14-15-16-17-18-21-24-27-31-35-47-42(46)38(3)50-41(45)36-48-40(44)34-30-26-23-20-19-22-25-29-33-39(49-37-43)32-28-9-7-5-2/h37-39H,4-36H2,1-3H3. The highest BCUT2D eigenvalue weighted by Crippen LogP contribution is 2.17. The van der Waals surface area contributed by atoms with Crippen LogP contribution >= 0.6 is 0 Å². The fourth-order valence-corrected chi connectivity index (χ4v) is 6.29. The van der Waals surface area contributed by atoms with Gasteiger partial charge in [-0.2, -0.15) is 0 Å². The molecule has 0 saturated carbocycles. The van der Waals surface area contributed by atoms with Gasteiger partial charge in [0.25, 0.3) is 6.47 Å². The molecule has 0 aliphatic carbocycles. The van der Waals surface area contributed by atoms with E-state index in [2.05, 4.69) is 13.8 Å². The predicted octanol–water partition coefficient (Wildman–Crippen LogP) is 11.7. The molecule has 0 aliphatic rings. The number of esters is 3. The minimum atomic E-state index is -1.02. The van der Waals surface area contributed by atoms with E-state index in [-0.39, 0.29) is 12.5 Å². The monoisotopic (exact) mass is 711 g/mol. The van der Waals surface area contributed by atoms with Gasteiger partial charge in [0.05, 0.1) is 6.61 Å². The maximum Gasteiger partial charge on any atom is 0.347 e. The van der Waals surface area contributed by atoms with Gasteiger partial charge in [-0.1, -0.05) is 168 Å². The summed E-state index contributed by atoms with van der Waals surface area (Å²) in [4.78, 5) is 46.9. The molecule has 8 nitrogen and oxygen atoms in total. The van der Waals surface area contributed by atoms with Gasteiger partial charge in [0.2, 0.25) is 0 Å². The summed E-state index contributed by atoms with van der Waals surface area (Å²) in [6.07, 6.45) is 35.0. The molecule has 0 spiro atoms. The maximum atomic E-state index is 12.2. The molecule has 0 aromatic heterocycles. The lowest BCUT2D eigenvalue weighted by atomic mass is 10.0. The van der Waals surface area contributed by atoms with Crippen LogP contribution in [-0.4, -0.2) is 49.8 Å². The van der Waals surface area contributed by atoms with Crippen molar-refractivity contribution in [2.45, 2.75) is 232 Å². The minimum Gasteiger partial charge on any atom is -0.465 e. The molecular formula is C42H78O8. The van der Waals surface area contributed by atoms with Crippen LogP contribution in [0.25, 0.3) is 0 Å². The topological polar surface area (TPSA) is 105 Å². The Morgan fingerprint density at radius 2 is 0.900 bits per heavy atom. The second-order valence-corrected chi connectivity index (χ2v) is 14.3. The average molecular weight is 711 g/mol. The first-order valence-electron chi connectivity index (χ1n) is 21.0. The van der Waals surface area contributed by atoms with Crippen LogP contribution in [0.2, 0.25) is 0 Å². The fourth-order valence-electron chi connectivity index (χ4n) is 6.29. The number of ether oxygens (including phenoxy) is 4. The first-order chi connectivity index (χ1) is 24.4. The number of hydrogen-bond donors (Lipinski definition) is 0. The van der Waals surface area contributed by atoms with Crippen molar-refractivity contribution in [3.8, 4) is 0 Å². The zero-order chi connectivity index (χ0) is 36.8. The first kappa shape index (κ1) is 47.9. The zero-order valence-electron chi connectivity index (χ0n) is 32.8. The fraction of sp³-hybridized carbons (Fsp3) is 0.905. The van der Waals surface area contributed by atoms with Crippen molar-refractivity contribution in [1.29, 1.82) is 0 Å². The van der Waals surface area contributed by atoms with Crippen LogP contribution in [0.5, 0.6) is 0 Å². The van der Waals surface area contributed by atoms with Gasteiger partial charge in [0, 0.05) is 6.42 Å². The summed E-state index contributed by atoms with van der Waals surface area (Å²) in [5, 5.41) is 0. The smallest absolute Gasteiger partial charge is 0.347 e. The molecule has 8 heteroatoms. The van der Waals surface area contributed by atoms with Crippen LogP contribution in [0.4, 0.5) is 0 Å². The van der Waals surface area contributed by atoms with Gasteiger partial charge >= 0.3 is 17.9 Å². The van der Waals surface area contributed by atoms with Crippen molar-refractivity contribution in [3.05, 3.63) is 0 Å². The Balaban J connectivity index is 3.60. The second kappa shape index (κ2) is 38.1. The molecule has 294 valence electrons. The van der Waals surface area contributed by atoms with Crippen LogP contribution in [0.1, 0.15) is 220 Å². The van der Waals surface area contributed by atoms with Gasteiger partial charge in [0.1, 0.15) is 6.10 Å². The van der Waals surface area contributed by atoms with Crippen LogP contribution < -0.4 is 0 Å². The van der Waals surface area contributed by atoms with Gasteiger partial charge in [-0.15, -0.1) is 0 Å². The molecule has 2 unspecified atom stereocenters. The van der Waals surface area contributed by atoms with E-state index in [0.717, 1.165) is 83.5 Å². The third-order valence-electron chi connectivity index (χ3n) is 9.52. The molecule has 0 aliphatic heterocycles. The summed E-state index contributed by atoms with van der Waals surface area (Å²) in [6.45, 7) is 6.36. The molecular weight excluding hydrogens is 632 g/mol. The Hall–Kier alpha value is -2.12. The molecule has 0 radical (unpaired) electrons. The van der Waals surface area contributed by atoms with E-state index in [9.17, 15) is 19.2 Å². The molecule has 0 aromatic carbocycles.